The van der Waals surface area contributed by atoms with Crippen molar-refractivity contribution in [3.63, 3.8) is 0 Å². The van der Waals surface area contributed by atoms with Crippen molar-refractivity contribution in [1.29, 1.82) is 0 Å². The summed E-state index contributed by atoms with van der Waals surface area (Å²) in [4.78, 5) is 25.0. The van der Waals surface area contributed by atoms with Gasteiger partial charge in [-0.3, -0.25) is 9.10 Å². The number of ether oxygens (including phenoxy) is 3. The maximum Gasteiger partial charge on any atom is 0.339 e. The number of carbonyl (C=O) groups excluding carboxylic acids is 2. The number of nitrogens with one attached hydrogen (secondary N) is 1. The second-order valence-electron chi connectivity index (χ2n) is 7.60. The zero-order chi connectivity index (χ0) is 26.5. The van der Waals surface area contributed by atoms with Crippen LogP contribution in [0, 0.1) is 6.92 Å². The van der Waals surface area contributed by atoms with Crippen LogP contribution in [-0.2, 0) is 19.6 Å². The summed E-state index contributed by atoms with van der Waals surface area (Å²) in [6.45, 7) is 1.25. The molecule has 0 spiro atoms. The van der Waals surface area contributed by atoms with Crippen molar-refractivity contribution in [1.82, 2.24) is 0 Å². The number of nitrogens with zero attached hydrogens (tertiary/aromatic N) is 1. The van der Waals surface area contributed by atoms with E-state index in [1.54, 1.807) is 18.2 Å². The number of rotatable bonds is 9. The quantitative estimate of drug-likeness (QED) is 0.409. The fourth-order valence-electron chi connectivity index (χ4n) is 3.33. The molecule has 3 aromatic carbocycles. The normalized spacial score (nSPS) is 10.9. The first kappa shape index (κ1) is 26.8. The minimum atomic E-state index is -4.19. The number of methoxy groups -OCH3 is 3. The highest BCUT2D eigenvalue weighted by atomic mass is 35.5. The number of esters is 1. The molecule has 0 aliphatic carbocycles. The van der Waals surface area contributed by atoms with Gasteiger partial charge in [-0.15, -0.1) is 0 Å². The maximum absolute atomic E-state index is 13.7. The van der Waals surface area contributed by atoms with Gasteiger partial charge in [0.1, 0.15) is 18.0 Å². The van der Waals surface area contributed by atoms with Crippen molar-refractivity contribution in [3.8, 4) is 11.5 Å². The summed E-state index contributed by atoms with van der Waals surface area (Å²) in [5.74, 6) is -0.703. The highest BCUT2D eigenvalue weighted by Gasteiger charge is 2.30. The smallest absolute Gasteiger partial charge is 0.339 e. The van der Waals surface area contributed by atoms with Gasteiger partial charge in [-0.1, -0.05) is 29.3 Å². The standard InChI is InChI=1S/C25H25ClN2O7S/c1-16-5-9-19(10-6-16)36(31,32)28(22-12-8-18(33-2)14-23(22)34-3)15-24(29)27-17-7-11-21(26)20(13-17)25(30)35-4/h5-14H,15H2,1-4H3,(H,27,29). The predicted octanol–water partition coefficient (Wildman–Crippen LogP) is 4.29. The Kier molecular flexibility index (Phi) is 8.44. The predicted molar refractivity (Wildman–Crippen MR) is 137 cm³/mol. The van der Waals surface area contributed by atoms with E-state index in [-0.39, 0.29) is 32.6 Å². The highest BCUT2D eigenvalue weighted by molar-refractivity contribution is 7.92. The van der Waals surface area contributed by atoms with Gasteiger partial charge in [-0.2, -0.15) is 0 Å². The fraction of sp³-hybridized carbons (Fsp3) is 0.200. The molecule has 0 radical (unpaired) electrons. The first-order valence-corrected chi connectivity index (χ1v) is 12.4. The minimum absolute atomic E-state index is 0.00163. The van der Waals surface area contributed by atoms with E-state index in [2.05, 4.69) is 5.32 Å². The number of benzene rings is 3. The molecule has 0 fully saturated rings. The number of carbonyl (C=O) groups is 2. The Hall–Kier alpha value is -3.76. The molecular weight excluding hydrogens is 508 g/mol. The van der Waals surface area contributed by atoms with Gasteiger partial charge in [0, 0.05) is 11.8 Å². The summed E-state index contributed by atoms with van der Waals surface area (Å²) in [6, 6.07) is 15.1. The van der Waals surface area contributed by atoms with Crippen LogP contribution < -0.4 is 19.1 Å². The molecule has 0 atom stereocenters. The number of aryl methyl sites for hydroxylation is 1. The number of amides is 1. The van der Waals surface area contributed by atoms with Gasteiger partial charge in [0.2, 0.25) is 5.91 Å². The van der Waals surface area contributed by atoms with Gasteiger partial charge in [0.25, 0.3) is 10.0 Å². The SMILES string of the molecule is COC(=O)c1cc(NC(=O)CN(c2ccc(OC)cc2OC)S(=O)(=O)c2ccc(C)cc2)ccc1Cl. The largest absolute Gasteiger partial charge is 0.497 e. The second-order valence-corrected chi connectivity index (χ2v) is 9.87. The van der Waals surface area contributed by atoms with Gasteiger partial charge in [-0.25, -0.2) is 13.2 Å². The molecule has 1 N–H and O–H groups in total. The van der Waals surface area contributed by atoms with Gasteiger partial charge >= 0.3 is 5.97 Å². The summed E-state index contributed by atoms with van der Waals surface area (Å²) in [6.07, 6.45) is 0. The van der Waals surface area contributed by atoms with Crippen molar-refractivity contribution in [2.45, 2.75) is 11.8 Å². The summed E-state index contributed by atoms with van der Waals surface area (Å²) in [5.41, 5.74) is 1.31. The highest BCUT2D eigenvalue weighted by Crippen LogP contribution is 2.35. The topological polar surface area (TPSA) is 111 Å². The zero-order valence-electron chi connectivity index (χ0n) is 20.1. The molecule has 1 amide bonds. The van der Waals surface area contributed by atoms with Crippen LogP contribution >= 0.6 is 11.6 Å². The maximum atomic E-state index is 13.7. The first-order valence-electron chi connectivity index (χ1n) is 10.6. The molecule has 0 aliphatic heterocycles. The zero-order valence-corrected chi connectivity index (χ0v) is 21.6. The molecule has 0 saturated carbocycles. The van der Waals surface area contributed by atoms with E-state index in [1.807, 2.05) is 6.92 Å². The average molecular weight is 533 g/mol. The average Bonchev–Trinajstić information content (AvgIpc) is 2.87. The molecule has 190 valence electrons. The van der Waals surface area contributed by atoms with Gasteiger partial charge < -0.3 is 19.5 Å². The van der Waals surface area contributed by atoms with Crippen LogP contribution in [0.15, 0.2) is 65.6 Å². The van der Waals surface area contributed by atoms with Crippen molar-refractivity contribution < 1.29 is 32.2 Å². The number of halogens is 1. The lowest BCUT2D eigenvalue weighted by atomic mass is 10.2. The molecule has 0 heterocycles. The fourth-order valence-corrected chi connectivity index (χ4v) is 4.95. The molecule has 36 heavy (non-hydrogen) atoms. The van der Waals surface area contributed by atoms with E-state index in [0.29, 0.717) is 5.75 Å². The molecule has 0 unspecified atom stereocenters. The third kappa shape index (κ3) is 5.89. The molecule has 3 aromatic rings. The lowest BCUT2D eigenvalue weighted by molar-refractivity contribution is -0.114. The Morgan fingerprint density at radius 3 is 2.25 bits per heavy atom. The lowest BCUT2D eigenvalue weighted by Crippen LogP contribution is -2.38. The number of sulfonamides is 1. The Morgan fingerprint density at radius 1 is 0.944 bits per heavy atom. The molecule has 0 saturated heterocycles. The third-order valence-corrected chi connectivity index (χ3v) is 7.31. The summed E-state index contributed by atoms with van der Waals surface area (Å²) in [7, 11) is -0.122. The van der Waals surface area contributed by atoms with E-state index in [4.69, 9.17) is 25.8 Å². The number of hydrogen-bond donors (Lipinski definition) is 1. The molecule has 3 rings (SSSR count). The summed E-state index contributed by atoms with van der Waals surface area (Å²) < 4.78 is 43.6. The molecule has 11 heteroatoms. The van der Waals surface area contributed by atoms with Crippen molar-refractivity contribution >= 4 is 44.9 Å². The summed E-state index contributed by atoms with van der Waals surface area (Å²) in [5, 5.41) is 2.75. The monoisotopic (exact) mass is 532 g/mol. The van der Waals surface area contributed by atoms with Crippen LogP contribution in [0.1, 0.15) is 15.9 Å². The number of anilines is 2. The van der Waals surface area contributed by atoms with Crippen molar-refractivity contribution in [2.75, 3.05) is 37.5 Å². The van der Waals surface area contributed by atoms with Crippen LogP contribution in [0.5, 0.6) is 11.5 Å². The molecule has 0 aliphatic rings. The number of hydrogen-bond acceptors (Lipinski definition) is 7. The Bertz CT molecular complexity index is 1380. The second kappa shape index (κ2) is 11.3. The Labute approximate surface area is 214 Å². The van der Waals surface area contributed by atoms with E-state index in [1.165, 1.54) is 63.8 Å². The van der Waals surface area contributed by atoms with Gasteiger partial charge in [-0.05, 0) is 49.4 Å². The van der Waals surface area contributed by atoms with Gasteiger partial charge in [0.15, 0.2) is 0 Å². The molecular formula is C25H25ClN2O7S. The first-order chi connectivity index (χ1) is 17.1. The van der Waals surface area contributed by atoms with E-state index >= 15 is 0 Å². The van der Waals surface area contributed by atoms with Crippen molar-refractivity contribution in [3.05, 3.63) is 76.8 Å². The van der Waals surface area contributed by atoms with Crippen LogP contribution in [0.2, 0.25) is 5.02 Å². The third-order valence-electron chi connectivity index (χ3n) is 5.21. The van der Waals surface area contributed by atoms with E-state index in [9.17, 15) is 18.0 Å². The molecule has 0 bridgehead atoms. The molecule has 9 nitrogen and oxygen atoms in total. The Balaban J connectivity index is 2.01. The van der Waals surface area contributed by atoms with Gasteiger partial charge in [0.05, 0.1) is 42.5 Å². The van der Waals surface area contributed by atoms with E-state index in [0.717, 1.165) is 9.87 Å². The lowest BCUT2D eigenvalue weighted by Gasteiger charge is -2.26. The van der Waals surface area contributed by atoms with Crippen LogP contribution in [0.3, 0.4) is 0 Å². The van der Waals surface area contributed by atoms with Crippen LogP contribution in [0.4, 0.5) is 11.4 Å². The minimum Gasteiger partial charge on any atom is -0.497 e. The van der Waals surface area contributed by atoms with Crippen molar-refractivity contribution in [2.24, 2.45) is 0 Å². The van der Waals surface area contributed by atoms with E-state index < -0.39 is 28.4 Å². The van der Waals surface area contributed by atoms with Crippen LogP contribution in [-0.4, -0.2) is 48.2 Å². The molecule has 0 aromatic heterocycles. The summed E-state index contributed by atoms with van der Waals surface area (Å²) >= 11 is 6.04. The van der Waals surface area contributed by atoms with Crippen LogP contribution in [0.25, 0.3) is 0 Å². The Morgan fingerprint density at radius 2 is 1.64 bits per heavy atom.